The van der Waals surface area contributed by atoms with E-state index >= 15 is 0 Å². The molecule has 0 unspecified atom stereocenters. The molecule has 0 aliphatic rings. The van der Waals surface area contributed by atoms with Gasteiger partial charge in [0.05, 0.1) is 34.2 Å². The van der Waals surface area contributed by atoms with E-state index in [1.165, 1.54) is 12.4 Å². The molecule has 0 aromatic carbocycles. The molecule has 0 bridgehead atoms. The molecule has 0 fully saturated rings. The molecule has 0 saturated carbocycles. The second-order valence-corrected chi connectivity index (χ2v) is 4.90. The fraction of sp³-hybridized carbons (Fsp3) is 0.231. The lowest BCUT2D eigenvalue weighted by atomic mass is 10.00. The van der Waals surface area contributed by atoms with Crippen LogP contribution in [0.1, 0.15) is 25.1 Å². The van der Waals surface area contributed by atoms with Crippen LogP contribution in [0, 0.1) is 11.3 Å². The second kappa shape index (κ2) is 5.21. The first-order valence-electron chi connectivity index (χ1n) is 5.64. The van der Waals surface area contributed by atoms with Gasteiger partial charge >= 0.3 is 0 Å². The molecule has 6 heteroatoms. The van der Waals surface area contributed by atoms with Crippen molar-refractivity contribution in [3.63, 3.8) is 0 Å². The molecule has 0 aliphatic heterocycles. The van der Waals surface area contributed by atoms with Crippen LogP contribution in [0.2, 0.25) is 5.02 Å². The van der Waals surface area contributed by atoms with E-state index in [0.29, 0.717) is 22.2 Å². The Kier molecular flexibility index (Phi) is 3.63. The summed E-state index contributed by atoms with van der Waals surface area (Å²) >= 11 is 6.14. The highest BCUT2D eigenvalue weighted by Crippen LogP contribution is 2.27. The molecule has 0 atom stereocenters. The molecule has 2 aromatic heterocycles. The first-order valence-corrected chi connectivity index (χ1v) is 6.02. The quantitative estimate of drug-likeness (QED) is 0.931. The molecule has 0 aliphatic carbocycles. The zero-order valence-corrected chi connectivity index (χ0v) is 11.3. The summed E-state index contributed by atoms with van der Waals surface area (Å²) in [6, 6.07) is 5.53. The van der Waals surface area contributed by atoms with E-state index < -0.39 is 5.54 Å². The van der Waals surface area contributed by atoms with Gasteiger partial charge in [0.2, 0.25) is 5.95 Å². The lowest BCUT2D eigenvalue weighted by Crippen LogP contribution is -2.30. The monoisotopic (exact) mass is 273 g/mol. The Morgan fingerprint density at radius 3 is 2.53 bits per heavy atom. The summed E-state index contributed by atoms with van der Waals surface area (Å²) in [4.78, 5) is 12.4. The summed E-state index contributed by atoms with van der Waals surface area (Å²) < 4.78 is 0. The third kappa shape index (κ3) is 2.98. The minimum absolute atomic E-state index is 0.416. The average Bonchev–Trinajstić information content (AvgIpc) is 2.39. The van der Waals surface area contributed by atoms with Crippen molar-refractivity contribution in [2.75, 3.05) is 5.32 Å². The smallest absolute Gasteiger partial charge is 0.223 e. The van der Waals surface area contributed by atoms with Crippen LogP contribution < -0.4 is 5.32 Å². The zero-order valence-electron chi connectivity index (χ0n) is 10.6. The fourth-order valence-electron chi connectivity index (χ4n) is 1.63. The molecule has 96 valence electrons. The number of nitriles is 1. The Morgan fingerprint density at radius 1 is 1.26 bits per heavy atom. The number of hydrogen-bond acceptors (Lipinski definition) is 5. The van der Waals surface area contributed by atoms with Gasteiger partial charge in [0.25, 0.3) is 0 Å². The first kappa shape index (κ1) is 13.2. The van der Waals surface area contributed by atoms with Crippen molar-refractivity contribution in [2.24, 2.45) is 0 Å². The van der Waals surface area contributed by atoms with Crippen LogP contribution in [-0.4, -0.2) is 15.0 Å². The van der Waals surface area contributed by atoms with E-state index in [1.807, 2.05) is 19.9 Å². The van der Waals surface area contributed by atoms with E-state index in [0.717, 1.165) is 0 Å². The van der Waals surface area contributed by atoms with Gasteiger partial charge in [0.15, 0.2) is 0 Å². The third-order valence-corrected chi connectivity index (χ3v) is 2.86. The van der Waals surface area contributed by atoms with Gasteiger partial charge in [-0.1, -0.05) is 11.6 Å². The van der Waals surface area contributed by atoms with Gasteiger partial charge in [0, 0.05) is 6.20 Å². The van der Waals surface area contributed by atoms with Crippen LogP contribution in [-0.2, 0) is 5.54 Å². The van der Waals surface area contributed by atoms with Crippen LogP contribution in [0.5, 0.6) is 0 Å². The zero-order chi connectivity index (χ0) is 13.9. The molecule has 19 heavy (non-hydrogen) atoms. The Bertz CT molecular complexity index is 616. The van der Waals surface area contributed by atoms with E-state index in [2.05, 4.69) is 20.3 Å². The lowest BCUT2D eigenvalue weighted by molar-refractivity contribution is 0.581. The van der Waals surface area contributed by atoms with Gasteiger partial charge in [0.1, 0.15) is 6.07 Å². The van der Waals surface area contributed by atoms with Crippen LogP contribution in [0.15, 0.2) is 30.7 Å². The summed E-state index contributed by atoms with van der Waals surface area (Å²) in [5, 5.41) is 12.4. The van der Waals surface area contributed by atoms with Crippen LogP contribution >= 0.6 is 11.6 Å². The average molecular weight is 274 g/mol. The second-order valence-electron chi connectivity index (χ2n) is 4.49. The van der Waals surface area contributed by atoms with Crippen molar-refractivity contribution < 1.29 is 0 Å². The summed E-state index contributed by atoms with van der Waals surface area (Å²) in [6.45, 7) is 3.87. The molecular formula is C13H12ClN5. The van der Waals surface area contributed by atoms with Crippen molar-refractivity contribution in [1.29, 1.82) is 5.26 Å². The summed E-state index contributed by atoms with van der Waals surface area (Å²) in [6.07, 6.45) is 4.61. The van der Waals surface area contributed by atoms with Gasteiger partial charge in [-0.05, 0) is 26.0 Å². The molecule has 2 aromatic rings. The van der Waals surface area contributed by atoms with E-state index in [1.54, 1.807) is 18.3 Å². The largest absolute Gasteiger partial charge is 0.344 e. The highest BCUT2D eigenvalue weighted by molar-refractivity contribution is 6.31. The van der Waals surface area contributed by atoms with Crippen molar-refractivity contribution in [3.8, 4) is 6.07 Å². The van der Waals surface area contributed by atoms with Crippen molar-refractivity contribution in [1.82, 2.24) is 15.0 Å². The fourth-order valence-corrected chi connectivity index (χ4v) is 1.99. The number of halogens is 1. The van der Waals surface area contributed by atoms with E-state index in [-0.39, 0.29) is 0 Å². The van der Waals surface area contributed by atoms with Gasteiger partial charge in [-0.25, -0.2) is 9.97 Å². The van der Waals surface area contributed by atoms with Crippen molar-refractivity contribution >= 4 is 17.5 Å². The Balaban J connectivity index is 2.26. The molecule has 2 rings (SSSR count). The maximum absolute atomic E-state index is 8.70. The number of nitrogens with one attached hydrogen (secondary N) is 1. The van der Waals surface area contributed by atoms with Crippen LogP contribution in [0.3, 0.4) is 0 Å². The summed E-state index contributed by atoms with van der Waals surface area (Å²) in [7, 11) is 0. The van der Waals surface area contributed by atoms with Crippen molar-refractivity contribution in [3.05, 3.63) is 47.0 Å². The maximum atomic E-state index is 8.70. The maximum Gasteiger partial charge on any atom is 0.223 e. The minimum atomic E-state index is -0.521. The standard InChI is InChI=1S/C13H12ClN5/c1-13(2,11-10(14)4-3-5-16-11)19-12-17-7-9(6-15)8-18-12/h3-5,7-8H,1-2H3,(H,17,18,19). The molecule has 0 spiro atoms. The van der Waals surface area contributed by atoms with Gasteiger partial charge < -0.3 is 5.32 Å². The number of nitrogens with zero attached hydrogens (tertiary/aromatic N) is 4. The number of anilines is 1. The van der Waals surface area contributed by atoms with Crippen molar-refractivity contribution in [2.45, 2.75) is 19.4 Å². The third-order valence-electron chi connectivity index (χ3n) is 2.56. The SMILES string of the molecule is CC(C)(Nc1ncc(C#N)cn1)c1ncccc1Cl. The number of aromatic nitrogens is 3. The predicted octanol–water partition coefficient (Wildman–Crippen LogP) is 2.74. The van der Waals surface area contributed by atoms with Gasteiger partial charge in [-0.15, -0.1) is 0 Å². The Labute approximate surface area is 116 Å². The minimum Gasteiger partial charge on any atom is -0.344 e. The molecule has 5 nitrogen and oxygen atoms in total. The highest BCUT2D eigenvalue weighted by atomic mass is 35.5. The normalized spacial score (nSPS) is 10.8. The summed E-state index contributed by atoms with van der Waals surface area (Å²) in [5.41, 5.74) is 0.607. The number of pyridine rings is 1. The highest BCUT2D eigenvalue weighted by Gasteiger charge is 2.25. The van der Waals surface area contributed by atoms with E-state index in [4.69, 9.17) is 16.9 Å². The molecule has 1 N–H and O–H groups in total. The molecule has 0 amide bonds. The lowest BCUT2D eigenvalue weighted by Gasteiger charge is -2.26. The van der Waals surface area contributed by atoms with Crippen LogP contribution in [0.4, 0.5) is 5.95 Å². The molecule has 0 saturated heterocycles. The summed E-state index contributed by atoms with van der Waals surface area (Å²) in [5.74, 6) is 0.422. The van der Waals surface area contributed by atoms with E-state index in [9.17, 15) is 0 Å². The predicted molar refractivity (Wildman–Crippen MR) is 72.6 cm³/mol. The topological polar surface area (TPSA) is 74.5 Å². The number of hydrogen-bond donors (Lipinski definition) is 1. The number of rotatable bonds is 3. The molecule has 2 heterocycles. The molecule has 0 radical (unpaired) electrons. The Hall–Kier alpha value is -2.19. The van der Waals surface area contributed by atoms with Gasteiger partial charge in [-0.2, -0.15) is 5.26 Å². The molecular weight excluding hydrogens is 262 g/mol. The van der Waals surface area contributed by atoms with Crippen LogP contribution in [0.25, 0.3) is 0 Å². The first-order chi connectivity index (χ1) is 9.03. The Morgan fingerprint density at radius 2 is 1.95 bits per heavy atom. The van der Waals surface area contributed by atoms with Gasteiger partial charge in [-0.3, -0.25) is 4.98 Å².